The van der Waals surface area contributed by atoms with Gasteiger partial charge in [0.2, 0.25) is 16.0 Å². The van der Waals surface area contributed by atoms with Gasteiger partial charge in [-0.2, -0.15) is 14.4 Å². The number of H-pyrrole nitrogens is 1. The van der Waals surface area contributed by atoms with E-state index in [9.17, 15) is 17.9 Å². The monoisotopic (exact) mass is 453 g/mol. The van der Waals surface area contributed by atoms with E-state index < -0.39 is 22.4 Å². The zero-order valence-corrected chi connectivity index (χ0v) is 18.7. The van der Waals surface area contributed by atoms with Gasteiger partial charge < -0.3 is 15.3 Å². The molecule has 2 aliphatic heterocycles. The van der Waals surface area contributed by atoms with Crippen LogP contribution >= 0.6 is 0 Å². The number of nitrogens with one attached hydrogen (secondary N) is 2. The first-order valence-corrected chi connectivity index (χ1v) is 12.0. The van der Waals surface area contributed by atoms with E-state index in [4.69, 9.17) is 0 Å². The second kappa shape index (κ2) is 8.32. The molecule has 4 heterocycles. The van der Waals surface area contributed by atoms with Crippen molar-refractivity contribution in [3.63, 3.8) is 0 Å². The Morgan fingerprint density at radius 1 is 1.32 bits per heavy atom. The van der Waals surface area contributed by atoms with Crippen LogP contribution in [0.3, 0.4) is 0 Å². The average Bonchev–Trinajstić information content (AvgIpc) is 3.28. The minimum Gasteiger partial charge on any atom is -0.390 e. The number of anilines is 3. The second-order valence-corrected chi connectivity index (χ2v) is 10.4. The van der Waals surface area contributed by atoms with Gasteiger partial charge in [-0.05, 0) is 39.5 Å². The number of aliphatic hydroxyl groups is 1. The number of sulfonamides is 1. The molecular weight excluding hydrogens is 425 g/mol. The largest absolute Gasteiger partial charge is 0.390 e. The first-order chi connectivity index (χ1) is 14.7. The number of hydrogen-bond donors (Lipinski definition) is 3. The number of piperidine rings is 1. The summed E-state index contributed by atoms with van der Waals surface area (Å²) in [5.41, 5.74) is 0.696. The van der Waals surface area contributed by atoms with E-state index in [1.54, 1.807) is 17.3 Å². The quantitative estimate of drug-likeness (QED) is 0.578. The van der Waals surface area contributed by atoms with Crippen molar-refractivity contribution < 1.29 is 17.9 Å². The summed E-state index contributed by atoms with van der Waals surface area (Å²) in [6.45, 7) is 2.93. The number of nitrogens with zero attached hydrogens (tertiary/aromatic N) is 5. The number of aliphatic hydroxyl groups excluding tert-OH is 1. The molecule has 12 heteroatoms. The summed E-state index contributed by atoms with van der Waals surface area (Å²) in [6, 6.07) is 1.64. The van der Waals surface area contributed by atoms with Crippen molar-refractivity contribution in [2.45, 2.75) is 64.3 Å². The first-order valence-electron chi connectivity index (χ1n) is 10.4. The van der Waals surface area contributed by atoms with Gasteiger partial charge in [0.15, 0.2) is 17.5 Å². The van der Waals surface area contributed by atoms with Crippen LogP contribution in [0.2, 0.25) is 0 Å². The van der Waals surface area contributed by atoms with Gasteiger partial charge in [0.05, 0.1) is 12.4 Å². The first kappa shape index (κ1) is 21.9. The van der Waals surface area contributed by atoms with E-state index in [0.717, 1.165) is 18.5 Å². The predicted molar refractivity (Wildman–Crippen MR) is 114 cm³/mol. The lowest BCUT2D eigenvalue weighted by atomic mass is 9.99. The van der Waals surface area contributed by atoms with Gasteiger partial charge in [-0.1, -0.05) is 0 Å². The van der Waals surface area contributed by atoms with Crippen molar-refractivity contribution in [3.8, 4) is 0 Å². The Kier molecular flexibility index (Phi) is 5.88. The zero-order valence-electron chi connectivity index (χ0n) is 17.8. The molecule has 2 bridgehead atoms. The highest BCUT2D eigenvalue weighted by Crippen LogP contribution is 2.40. The number of hydrogen-bond acceptors (Lipinski definition) is 8. The normalized spacial score (nSPS) is 23.8. The molecule has 0 amide bonds. The summed E-state index contributed by atoms with van der Waals surface area (Å²) in [4.78, 5) is 10.4. The van der Waals surface area contributed by atoms with Gasteiger partial charge in [-0.3, -0.25) is 5.10 Å². The van der Waals surface area contributed by atoms with Crippen LogP contribution in [0.4, 0.5) is 22.0 Å². The fourth-order valence-corrected chi connectivity index (χ4v) is 6.21. The van der Waals surface area contributed by atoms with Crippen molar-refractivity contribution in [2.75, 3.05) is 23.0 Å². The number of fused-ring (bicyclic) bond motifs is 2. The van der Waals surface area contributed by atoms with E-state index in [1.807, 2.05) is 18.9 Å². The van der Waals surface area contributed by atoms with E-state index in [2.05, 4.69) is 25.5 Å². The highest BCUT2D eigenvalue weighted by atomic mass is 32.2. The predicted octanol–water partition coefficient (Wildman–Crippen LogP) is 1.66. The molecule has 10 nitrogen and oxygen atoms in total. The van der Waals surface area contributed by atoms with E-state index in [0.29, 0.717) is 18.7 Å². The van der Waals surface area contributed by atoms with Gasteiger partial charge in [-0.15, -0.1) is 0 Å². The van der Waals surface area contributed by atoms with Gasteiger partial charge in [0, 0.05) is 36.9 Å². The molecule has 0 spiro atoms. The lowest BCUT2D eigenvalue weighted by Gasteiger charge is -2.41. The molecule has 0 aromatic carbocycles. The Balaban J connectivity index is 1.59. The van der Waals surface area contributed by atoms with E-state index in [-0.39, 0.29) is 41.3 Å². The van der Waals surface area contributed by atoms with Crippen LogP contribution in [0.15, 0.2) is 6.07 Å². The topological polar surface area (TPSA) is 127 Å². The third kappa shape index (κ3) is 4.11. The minimum atomic E-state index is -3.25. The maximum atomic E-state index is 14.7. The number of rotatable bonds is 7. The molecule has 4 rings (SSSR count). The van der Waals surface area contributed by atoms with Crippen molar-refractivity contribution in [2.24, 2.45) is 0 Å². The third-order valence-corrected chi connectivity index (χ3v) is 8.17. The summed E-state index contributed by atoms with van der Waals surface area (Å²) in [6.07, 6.45) is 2.99. The fourth-order valence-electron chi connectivity index (χ4n) is 4.62. The summed E-state index contributed by atoms with van der Waals surface area (Å²) in [5, 5.41) is 19.2. The molecule has 31 heavy (non-hydrogen) atoms. The van der Waals surface area contributed by atoms with Crippen LogP contribution < -0.4 is 10.2 Å². The van der Waals surface area contributed by atoms with Gasteiger partial charge in [0.25, 0.3) is 0 Å². The van der Waals surface area contributed by atoms with Crippen LogP contribution in [0.25, 0.3) is 0 Å². The maximum Gasteiger partial charge on any atom is 0.227 e. The van der Waals surface area contributed by atoms with E-state index >= 15 is 0 Å². The minimum absolute atomic E-state index is 0.0123. The van der Waals surface area contributed by atoms with Gasteiger partial charge >= 0.3 is 0 Å². The van der Waals surface area contributed by atoms with Crippen molar-refractivity contribution in [1.82, 2.24) is 24.5 Å². The third-order valence-electron chi connectivity index (χ3n) is 6.20. The highest BCUT2D eigenvalue weighted by molar-refractivity contribution is 7.89. The Morgan fingerprint density at radius 3 is 2.55 bits per heavy atom. The Bertz CT molecular complexity index is 1050. The molecule has 0 saturated carbocycles. The molecule has 0 radical (unpaired) electrons. The van der Waals surface area contributed by atoms with Crippen molar-refractivity contribution in [3.05, 3.63) is 23.3 Å². The summed E-state index contributed by atoms with van der Waals surface area (Å²) in [5.74, 6) is -0.0194. The van der Waals surface area contributed by atoms with Crippen LogP contribution in [0, 0.1) is 12.7 Å². The molecule has 3 atom stereocenters. The van der Waals surface area contributed by atoms with Crippen LogP contribution in [-0.2, 0) is 16.6 Å². The van der Waals surface area contributed by atoms with Crippen LogP contribution in [0.5, 0.6) is 0 Å². The van der Waals surface area contributed by atoms with Crippen molar-refractivity contribution in [1.29, 1.82) is 0 Å². The number of halogens is 1. The molecule has 170 valence electrons. The summed E-state index contributed by atoms with van der Waals surface area (Å²) >= 11 is 0. The standard InChI is InChI=1S/C19H28FN7O3S/c1-4-31(29,30)27-12-5-6-13(27)9-14(8-12)26(3)19-21-15(10-28)17(20)18(23-19)22-16-7-11(2)24-25-16/h7,12-14,28H,4-6,8-10H2,1-3H3,(H2,21,22,23,24,25)/t12-,13+,14?. The molecule has 0 aliphatic carbocycles. The molecule has 1 unspecified atom stereocenters. The zero-order chi connectivity index (χ0) is 22.3. The van der Waals surface area contributed by atoms with Crippen molar-refractivity contribution >= 4 is 27.6 Å². The smallest absolute Gasteiger partial charge is 0.227 e. The molecule has 2 aliphatic rings. The molecule has 2 saturated heterocycles. The lowest BCUT2D eigenvalue weighted by molar-refractivity contribution is 0.223. The molecule has 2 aromatic rings. The van der Waals surface area contributed by atoms with Crippen LogP contribution in [-0.4, -0.2) is 68.9 Å². The second-order valence-electron chi connectivity index (χ2n) is 8.20. The number of aryl methyl sites for hydroxylation is 1. The molecular formula is C19H28FN7O3S. The Labute approximate surface area is 180 Å². The molecule has 2 aromatic heterocycles. The average molecular weight is 454 g/mol. The van der Waals surface area contributed by atoms with Gasteiger partial charge in [0.1, 0.15) is 5.69 Å². The maximum absolute atomic E-state index is 14.7. The lowest BCUT2D eigenvalue weighted by Crippen LogP contribution is -2.52. The molecule has 2 fully saturated rings. The van der Waals surface area contributed by atoms with E-state index in [1.165, 1.54) is 0 Å². The Morgan fingerprint density at radius 2 is 2.00 bits per heavy atom. The number of aromatic nitrogens is 4. The van der Waals surface area contributed by atoms with Gasteiger partial charge in [-0.25, -0.2) is 17.8 Å². The fraction of sp³-hybridized carbons (Fsp3) is 0.632. The molecule has 3 N–H and O–H groups in total. The highest BCUT2D eigenvalue weighted by Gasteiger charge is 2.47. The van der Waals surface area contributed by atoms with Crippen LogP contribution in [0.1, 0.15) is 44.0 Å². The summed E-state index contributed by atoms with van der Waals surface area (Å²) < 4.78 is 41.4. The number of aromatic amines is 1. The summed E-state index contributed by atoms with van der Waals surface area (Å²) in [7, 11) is -1.42. The SMILES string of the molecule is CCS(=O)(=O)N1[C@@H]2CC[C@H]1CC(N(C)c1nc(CO)c(F)c(Nc3cc(C)[nH]n3)n1)C2. The Hall–Kier alpha value is -2.31.